The van der Waals surface area contributed by atoms with Gasteiger partial charge < -0.3 is 5.32 Å². The summed E-state index contributed by atoms with van der Waals surface area (Å²) in [5, 5.41) is 13.1. The molecule has 6 nitrogen and oxygen atoms in total. The van der Waals surface area contributed by atoms with Crippen molar-refractivity contribution in [1.29, 1.82) is 0 Å². The van der Waals surface area contributed by atoms with Gasteiger partial charge in [-0.1, -0.05) is 54.2 Å². The third-order valence-corrected chi connectivity index (χ3v) is 5.28. The zero-order valence-corrected chi connectivity index (χ0v) is 16.5. The Kier molecular flexibility index (Phi) is 5.67. The summed E-state index contributed by atoms with van der Waals surface area (Å²) in [5.41, 5.74) is 2.57. The van der Waals surface area contributed by atoms with E-state index >= 15 is 0 Å². The monoisotopic (exact) mass is 401 g/mol. The molecule has 0 atom stereocenters. The Balaban J connectivity index is 1.49. The zero-order valence-electron chi connectivity index (χ0n) is 15.7. The molecular formula is C22H19N5OS. The number of rotatable bonds is 7. The summed E-state index contributed by atoms with van der Waals surface area (Å²) in [7, 11) is 0. The second-order valence-electron chi connectivity index (χ2n) is 6.28. The van der Waals surface area contributed by atoms with Crippen LogP contribution in [-0.4, -0.2) is 31.4 Å². The van der Waals surface area contributed by atoms with Gasteiger partial charge in [0.25, 0.3) is 0 Å². The van der Waals surface area contributed by atoms with Crippen LogP contribution < -0.4 is 5.32 Å². The first-order valence-electron chi connectivity index (χ1n) is 9.12. The summed E-state index contributed by atoms with van der Waals surface area (Å²) in [6.45, 7) is 4.39. The third-order valence-electron chi connectivity index (χ3n) is 4.31. The number of carbonyl (C=O) groups is 1. The fourth-order valence-corrected chi connectivity index (χ4v) is 3.77. The molecule has 0 fully saturated rings. The highest BCUT2D eigenvalue weighted by atomic mass is 32.2. The maximum atomic E-state index is 12.5. The van der Waals surface area contributed by atoms with Gasteiger partial charge >= 0.3 is 0 Å². The van der Waals surface area contributed by atoms with Crippen LogP contribution in [0.4, 0.5) is 5.69 Å². The number of anilines is 1. The van der Waals surface area contributed by atoms with E-state index < -0.39 is 0 Å². The van der Waals surface area contributed by atoms with E-state index in [1.807, 2.05) is 65.2 Å². The van der Waals surface area contributed by atoms with Crippen molar-refractivity contribution >= 4 is 34.3 Å². The Morgan fingerprint density at radius 3 is 2.76 bits per heavy atom. The molecule has 144 valence electrons. The van der Waals surface area contributed by atoms with Crippen LogP contribution in [0.3, 0.4) is 0 Å². The first kappa shape index (κ1) is 18.9. The van der Waals surface area contributed by atoms with E-state index in [1.165, 1.54) is 11.8 Å². The van der Waals surface area contributed by atoms with E-state index in [4.69, 9.17) is 0 Å². The minimum atomic E-state index is -0.110. The highest BCUT2D eigenvalue weighted by Gasteiger charge is 2.15. The molecule has 0 aliphatic heterocycles. The van der Waals surface area contributed by atoms with Crippen molar-refractivity contribution in [3.8, 4) is 11.4 Å². The molecule has 0 saturated heterocycles. The van der Waals surface area contributed by atoms with Gasteiger partial charge in [0.05, 0.1) is 17.0 Å². The maximum absolute atomic E-state index is 12.5. The molecule has 2 aromatic heterocycles. The van der Waals surface area contributed by atoms with Crippen LogP contribution in [0.1, 0.15) is 0 Å². The molecule has 29 heavy (non-hydrogen) atoms. The predicted octanol–water partition coefficient (Wildman–Crippen LogP) is 4.41. The molecular weight excluding hydrogens is 382 g/mol. The lowest BCUT2D eigenvalue weighted by atomic mass is 10.2. The predicted molar refractivity (Wildman–Crippen MR) is 117 cm³/mol. The van der Waals surface area contributed by atoms with Gasteiger partial charge in [-0.15, -0.1) is 16.8 Å². The average molecular weight is 401 g/mol. The average Bonchev–Trinajstić information content (AvgIpc) is 3.16. The topological polar surface area (TPSA) is 72.7 Å². The Bertz CT molecular complexity index is 1150. The highest BCUT2D eigenvalue weighted by molar-refractivity contribution is 7.99. The number of aromatic nitrogens is 4. The molecule has 1 amide bonds. The van der Waals surface area contributed by atoms with Crippen LogP contribution >= 0.6 is 11.8 Å². The molecule has 0 radical (unpaired) electrons. The first-order chi connectivity index (χ1) is 14.3. The molecule has 0 aliphatic rings. The lowest BCUT2D eigenvalue weighted by Crippen LogP contribution is -2.15. The van der Waals surface area contributed by atoms with Gasteiger partial charge in [0.2, 0.25) is 5.91 Å². The Labute approximate surface area is 172 Å². The van der Waals surface area contributed by atoms with E-state index in [0.29, 0.717) is 11.7 Å². The molecule has 0 bridgehead atoms. The number of pyridine rings is 1. The zero-order chi connectivity index (χ0) is 20.1. The maximum Gasteiger partial charge on any atom is 0.234 e. The van der Waals surface area contributed by atoms with Gasteiger partial charge in [0.15, 0.2) is 11.0 Å². The van der Waals surface area contributed by atoms with Crippen molar-refractivity contribution in [1.82, 2.24) is 19.7 Å². The molecule has 0 spiro atoms. The van der Waals surface area contributed by atoms with Crippen molar-refractivity contribution in [2.45, 2.75) is 11.7 Å². The number of nitrogens with one attached hydrogen (secondary N) is 1. The van der Waals surface area contributed by atoms with E-state index in [9.17, 15) is 4.79 Å². The minimum absolute atomic E-state index is 0.110. The van der Waals surface area contributed by atoms with Crippen LogP contribution in [0, 0.1) is 0 Å². The van der Waals surface area contributed by atoms with Crippen LogP contribution in [0.15, 0.2) is 84.7 Å². The number of benzene rings is 2. The van der Waals surface area contributed by atoms with Crippen LogP contribution in [-0.2, 0) is 11.3 Å². The standard InChI is InChI=1S/C22H19N5OS/c1-2-14-27-21(16-8-4-3-5-9-16)25-26-22(27)29-15-20(28)24-19-12-6-11-18-17(19)10-7-13-23-18/h2-13H,1,14-15H2,(H,24,28). The van der Waals surface area contributed by atoms with Crippen molar-refractivity contribution in [2.24, 2.45) is 0 Å². The van der Waals surface area contributed by atoms with Gasteiger partial charge in [0.1, 0.15) is 0 Å². The normalized spacial score (nSPS) is 10.8. The molecule has 0 saturated carbocycles. The molecule has 4 aromatic rings. The quantitative estimate of drug-likeness (QED) is 0.367. The molecule has 0 unspecified atom stereocenters. The third kappa shape index (κ3) is 4.20. The van der Waals surface area contributed by atoms with Crippen LogP contribution in [0.25, 0.3) is 22.3 Å². The Morgan fingerprint density at radius 1 is 1.07 bits per heavy atom. The number of hydrogen-bond acceptors (Lipinski definition) is 5. The molecule has 2 aromatic carbocycles. The van der Waals surface area contributed by atoms with Crippen molar-refractivity contribution < 1.29 is 4.79 Å². The van der Waals surface area contributed by atoms with Crippen molar-refractivity contribution in [2.75, 3.05) is 11.1 Å². The second kappa shape index (κ2) is 8.70. The first-order valence-corrected chi connectivity index (χ1v) is 10.1. The summed E-state index contributed by atoms with van der Waals surface area (Å²) in [4.78, 5) is 16.9. The second-order valence-corrected chi connectivity index (χ2v) is 7.23. The van der Waals surface area contributed by atoms with Crippen molar-refractivity contribution in [3.63, 3.8) is 0 Å². The van der Waals surface area contributed by atoms with Gasteiger partial charge in [-0.25, -0.2) is 0 Å². The van der Waals surface area contributed by atoms with E-state index in [0.717, 1.165) is 28.0 Å². The summed E-state index contributed by atoms with van der Waals surface area (Å²) in [6.07, 6.45) is 3.53. The summed E-state index contributed by atoms with van der Waals surface area (Å²) in [5.74, 6) is 0.870. The van der Waals surface area contributed by atoms with Gasteiger partial charge in [-0.3, -0.25) is 14.3 Å². The number of allylic oxidation sites excluding steroid dienone is 1. The number of fused-ring (bicyclic) bond motifs is 1. The lowest BCUT2D eigenvalue weighted by molar-refractivity contribution is -0.113. The molecule has 7 heteroatoms. The molecule has 1 N–H and O–H groups in total. The molecule has 0 aliphatic carbocycles. The fraction of sp³-hybridized carbons (Fsp3) is 0.0909. The Hall–Kier alpha value is -3.45. The minimum Gasteiger partial charge on any atom is -0.325 e. The Morgan fingerprint density at radius 2 is 1.93 bits per heavy atom. The number of hydrogen-bond donors (Lipinski definition) is 1. The van der Waals surface area contributed by atoms with E-state index in [-0.39, 0.29) is 11.7 Å². The van der Waals surface area contributed by atoms with Crippen LogP contribution in [0.5, 0.6) is 0 Å². The summed E-state index contributed by atoms with van der Waals surface area (Å²) < 4.78 is 1.96. The smallest absolute Gasteiger partial charge is 0.234 e. The number of carbonyl (C=O) groups excluding carboxylic acids is 1. The number of nitrogens with zero attached hydrogens (tertiary/aromatic N) is 4. The molecule has 4 rings (SSSR count). The number of thioether (sulfide) groups is 1. The van der Waals surface area contributed by atoms with Gasteiger partial charge in [0, 0.05) is 23.7 Å². The van der Waals surface area contributed by atoms with Crippen molar-refractivity contribution in [3.05, 3.63) is 79.5 Å². The fourth-order valence-electron chi connectivity index (χ4n) is 3.02. The van der Waals surface area contributed by atoms with E-state index in [2.05, 4.69) is 27.1 Å². The highest BCUT2D eigenvalue weighted by Crippen LogP contribution is 2.25. The van der Waals surface area contributed by atoms with E-state index in [1.54, 1.807) is 12.3 Å². The number of amides is 1. The molecule has 2 heterocycles. The summed E-state index contributed by atoms with van der Waals surface area (Å²) >= 11 is 1.35. The summed E-state index contributed by atoms with van der Waals surface area (Å²) in [6, 6.07) is 19.3. The van der Waals surface area contributed by atoms with Crippen LogP contribution in [0.2, 0.25) is 0 Å². The lowest BCUT2D eigenvalue weighted by Gasteiger charge is -2.09. The SMILES string of the molecule is C=CCn1c(SCC(=O)Nc2cccc3ncccc23)nnc1-c1ccccc1. The van der Waals surface area contributed by atoms with Gasteiger partial charge in [-0.2, -0.15) is 0 Å². The van der Waals surface area contributed by atoms with Gasteiger partial charge in [-0.05, 0) is 24.3 Å². The largest absolute Gasteiger partial charge is 0.325 e.